The molecule has 0 saturated carbocycles. The lowest BCUT2D eigenvalue weighted by Gasteiger charge is -2.13. The lowest BCUT2D eigenvalue weighted by Crippen LogP contribution is -2.01. The monoisotopic (exact) mass is 640 g/mol. The van der Waals surface area contributed by atoms with Gasteiger partial charge in [0.1, 0.15) is 22.3 Å². The molecular weight excluding hydrogens is 617 g/mol. The van der Waals surface area contributed by atoms with Crippen molar-refractivity contribution in [2.45, 2.75) is 0 Å². The van der Waals surface area contributed by atoms with E-state index >= 15 is 0 Å². The van der Waals surface area contributed by atoms with Crippen LogP contribution in [0.5, 0.6) is 0 Å². The van der Waals surface area contributed by atoms with Crippen LogP contribution in [0, 0.1) is 0 Å². The van der Waals surface area contributed by atoms with Crippen molar-refractivity contribution in [2.75, 3.05) is 0 Å². The maximum atomic E-state index is 6.28. The van der Waals surface area contributed by atoms with Crippen LogP contribution in [-0.4, -0.2) is 19.9 Å². The second kappa shape index (κ2) is 10.3. The van der Waals surface area contributed by atoms with E-state index in [0.717, 1.165) is 87.6 Å². The van der Waals surface area contributed by atoms with Crippen LogP contribution in [0.4, 0.5) is 0 Å². The lowest BCUT2D eigenvalue weighted by atomic mass is 9.97. The van der Waals surface area contributed by atoms with Crippen molar-refractivity contribution in [1.29, 1.82) is 0 Å². The Morgan fingerprint density at radius 1 is 0.340 bits per heavy atom. The van der Waals surface area contributed by atoms with Crippen LogP contribution >= 0.6 is 0 Å². The average Bonchev–Trinajstić information content (AvgIpc) is 3.76. The summed E-state index contributed by atoms with van der Waals surface area (Å²) < 4.78 is 12.6. The Morgan fingerprint density at radius 3 is 1.52 bits per heavy atom. The van der Waals surface area contributed by atoms with Gasteiger partial charge < -0.3 is 8.83 Å². The van der Waals surface area contributed by atoms with Crippen LogP contribution in [0.3, 0.4) is 0 Å². The van der Waals surface area contributed by atoms with Gasteiger partial charge in [0.25, 0.3) is 0 Å². The normalized spacial score (nSPS) is 12.0. The number of para-hydroxylation sites is 2. The fourth-order valence-electron chi connectivity index (χ4n) is 7.56. The summed E-state index contributed by atoms with van der Waals surface area (Å²) in [6.45, 7) is 0. The van der Waals surface area contributed by atoms with E-state index in [4.69, 9.17) is 28.8 Å². The van der Waals surface area contributed by atoms with E-state index in [0.29, 0.717) is 17.5 Å². The molecule has 0 saturated heterocycles. The van der Waals surface area contributed by atoms with Gasteiger partial charge in [-0.15, -0.1) is 0 Å². The minimum atomic E-state index is 0.558. The van der Waals surface area contributed by atoms with Gasteiger partial charge >= 0.3 is 0 Å². The molecule has 6 heteroatoms. The van der Waals surface area contributed by atoms with Crippen LogP contribution < -0.4 is 0 Å². The number of hydrogen-bond donors (Lipinski definition) is 0. The molecular formula is C44H24N4O2. The third-order valence-electron chi connectivity index (χ3n) is 9.78. The molecule has 11 aromatic rings. The molecule has 0 atom stereocenters. The van der Waals surface area contributed by atoms with Crippen molar-refractivity contribution >= 4 is 76.3 Å². The van der Waals surface area contributed by atoms with E-state index < -0.39 is 0 Å². The van der Waals surface area contributed by atoms with Crippen LogP contribution in [0.15, 0.2) is 155 Å². The Labute approximate surface area is 284 Å². The number of rotatable bonds is 3. The highest BCUT2D eigenvalue weighted by Gasteiger charge is 2.21. The number of benzene rings is 7. The molecule has 0 amide bonds. The van der Waals surface area contributed by atoms with Crippen molar-refractivity contribution in [3.05, 3.63) is 146 Å². The molecule has 0 N–H and O–H groups in total. The summed E-state index contributed by atoms with van der Waals surface area (Å²) in [6.07, 6.45) is 1.86. The number of pyridine rings is 1. The Balaban J connectivity index is 1.24. The van der Waals surface area contributed by atoms with Gasteiger partial charge in [-0.2, -0.15) is 0 Å². The van der Waals surface area contributed by atoms with Crippen molar-refractivity contribution in [2.24, 2.45) is 0 Å². The van der Waals surface area contributed by atoms with Crippen LogP contribution in [0.2, 0.25) is 0 Å². The van der Waals surface area contributed by atoms with Gasteiger partial charge in [-0.1, -0.05) is 109 Å². The van der Waals surface area contributed by atoms with Crippen molar-refractivity contribution in [3.63, 3.8) is 0 Å². The minimum Gasteiger partial charge on any atom is -0.456 e. The Morgan fingerprint density at radius 2 is 0.860 bits per heavy atom. The molecule has 50 heavy (non-hydrogen) atoms. The standard InChI is InChI=1S/C44H24N4O2/c1-2-10-27-25(9-1)19-20-26-21-22-28-29(23-24-45-41(28)38(26)27)42-46-43(32-13-7-17-36-39(32)30-11-3-5-15-34(30)49-36)48-44(47-42)33-14-8-18-37-40(33)31-12-4-6-16-35(31)50-37/h1-24H. The van der Waals surface area contributed by atoms with Gasteiger partial charge in [0.2, 0.25) is 0 Å². The molecule has 232 valence electrons. The van der Waals surface area contributed by atoms with E-state index in [1.165, 1.54) is 5.39 Å². The van der Waals surface area contributed by atoms with Gasteiger partial charge in [0.05, 0.1) is 5.52 Å². The van der Waals surface area contributed by atoms with Gasteiger partial charge in [0.15, 0.2) is 17.5 Å². The SMILES string of the molecule is c1ccc2c(c1)ccc1ccc3c(-c4nc(-c5cccc6oc7ccccc7c56)nc(-c5cccc6oc7ccccc7c56)n4)ccnc3c12. The average molecular weight is 641 g/mol. The Hall–Kier alpha value is -6.92. The molecule has 0 aliphatic rings. The molecule has 0 radical (unpaired) electrons. The van der Waals surface area contributed by atoms with Crippen molar-refractivity contribution in [1.82, 2.24) is 19.9 Å². The summed E-state index contributed by atoms with van der Waals surface area (Å²) >= 11 is 0. The van der Waals surface area contributed by atoms with E-state index in [2.05, 4.69) is 72.8 Å². The Bertz CT molecular complexity index is 3040. The first-order valence-corrected chi connectivity index (χ1v) is 16.6. The topological polar surface area (TPSA) is 77.8 Å². The van der Waals surface area contributed by atoms with Crippen molar-refractivity contribution in [3.8, 4) is 34.2 Å². The first kappa shape index (κ1) is 27.1. The third-order valence-corrected chi connectivity index (χ3v) is 9.78. The minimum absolute atomic E-state index is 0.558. The fraction of sp³-hybridized carbons (Fsp3) is 0. The molecule has 11 rings (SSSR count). The predicted molar refractivity (Wildman–Crippen MR) is 201 cm³/mol. The van der Waals surface area contributed by atoms with Gasteiger partial charge in [-0.3, -0.25) is 4.98 Å². The van der Waals surface area contributed by atoms with Crippen LogP contribution in [0.25, 0.3) is 110 Å². The van der Waals surface area contributed by atoms with Crippen molar-refractivity contribution < 1.29 is 8.83 Å². The molecule has 4 aromatic heterocycles. The summed E-state index contributed by atoms with van der Waals surface area (Å²) in [7, 11) is 0. The number of fused-ring (bicyclic) bond motifs is 11. The summed E-state index contributed by atoms with van der Waals surface area (Å²) in [4.78, 5) is 20.7. The summed E-state index contributed by atoms with van der Waals surface area (Å²) in [5.41, 5.74) is 6.73. The van der Waals surface area contributed by atoms with Gasteiger partial charge in [-0.05, 0) is 46.5 Å². The zero-order valence-electron chi connectivity index (χ0n) is 26.5. The fourth-order valence-corrected chi connectivity index (χ4v) is 7.56. The lowest BCUT2D eigenvalue weighted by molar-refractivity contribution is 0.668. The van der Waals surface area contributed by atoms with Crippen LogP contribution in [0.1, 0.15) is 0 Å². The number of hydrogen-bond acceptors (Lipinski definition) is 6. The van der Waals surface area contributed by atoms with E-state index in [9.17, 15) is 0 Å². The number of aromatic nitrogens is 4. The largest absolute Gasteiger partial charge is 0.456 e. The summed E-state index contributed by atoms with van der Waals surface area (Å²) in [6, 6.07) is 47.3. The first-order chi connectivity index (χ1) is 24.8. The molecule has 0 unspecified atom stereocenters. The molecule has 7 aromatic carbocycles. The van der Waals surface area contributed by atoms with Gasteiger partial charge in [0, 0.05) is 55.2 Å². The highest BCUT2D eigenvalue weighted by atomic mass is 16.3. The van der Waals surface area contributed by atoms with Crippen LogP contribution in [-0.2, 0) is 0 Å². The zero-order chi connectivity index (χ0) is 32.8. The maximum Gasteiger partial charge on any atom is 0.164 e. The molecule has 0 aliphatic carbocycles. The summed E-state index contributed by atoms with van der Waals surface area (Å²) in [5, 5.41) is 9.51. The second-order valence-corrected chi connectivity index (χ2v) is 12.6. The van der Waals surface area contributed by atoms with E-state index in [1.54, 1.807) is 0 Å². The summed E-state index contributed by atoms with van der Waals surface area (Å²) in [5.74, 6) is 1.68. The molecule has 0 bridgehead atoms. The third kappa shape index (κ3) is 3.90. The first-order valence-electron chi connectivity index (χ1n) is 16.6. The number of nitrogens with zero attached hydrogens (tertiary/aromatic N) is 4. The second-order valence-electron chi connectivity index (χ2n) is 12.6. The Kier molecular flexibility index (Phi) is 5.57. The van der Waals surface area contributed by atoms with Gasteiger partial charge in [-0.25, -0.2) is 15.0 Å². The molecule has 0 spiro atoms. The molecule has 6 nitrogen and oxygen atoms in total. The molecule has 0 fully saturated rings. The molecule has 4 heterocycles. The highest BCUT2D eigenvalue weighted by Crippen LogP contribution is 2.40. The number of furan rings is 2. The smallest absolute Gasteiger partial charge is 0.164 e. The van der Waals surface area contributed by atoms with E-state index in [-0.39, 0.29) is 0 Å². The molecule has 0 aliphatic heterocycles. The predicted octanol–water partition coefficient (Wildman–Crippen LogP) is 11.5. The quantitative estimate of drug-likeness (QED) is 0.179. The highest BCUT2D eigenvalue weighted by molar-refractivity contribution is 6.20. The zero-order valence-corrected chi connectivity index (χ0v) is 26.5. The van der Waals surface area contributed by atoms with E-state index in [1.807, 2.05) is 72.9 Å². The maximum absolute atomic E-state index is 6.28.